The van der Waals surface area contributed by atoms with E-state index in [1.807, 2.05) is 13.0 Å². The first-order chi connectivity index (χ1) is 10.3. The molecule has 1 heterocycles. The minimum atomic E-state index is -1.03. The molecule has 22 heavy (non-hydrogen) atoms. The normalized spacial score (nSPS) is 11.1. The molecule has 0 atom stereocenters. The molecule has 0 aliphatic heterocycles. The number of rotatable bonds is 4. The van der Waals surface area contributed by atoms with E-state index in [4.69, 9.17) is 11.6 Å². The number of hydrogen-bond donors (Lipinski definition) is 2. The van der Waals surface area contributed by atoms with Crippen LogP contribution >= 0.6 is 22.9 Å². The lowest BCUT2D eigenvalue weighted by Crippen LogP contribution is -2.52. The van der Waals surface area contributed by atoms with Gasteiger partial charge in [-0.3, -0.25) is 9.59 Å². The monoisotopic (exact) mass is 336 g/mol. The third-order valence-corrected chi connectivity index (χ3v) is 4.31. The van der Waals surface area contributed by atoms with E-state index >= 15 is 0 Å². The van der Waals surface area contributed by atoms with Crippen molar-refractivity contribution in [3.8, 4) is 0 Å². The van der Waals surface area contributed by atoms with Gasteiger partial charge in [-0.05, 0) is 57.2 Å². The molecular weight excluding hydrogens is 320 g/mol. The Morgan fingerprint density at radius 3 is 2.27 bits per heavy atom. The molecular formula is C16H17ClN2O2S. The summed E-state index contributed by atoms with van der Waals surface area (Å²) in [5, 5.41) is 6.11. The maximum Gasteiger partial charge on any atom is 0.262 e. The summed E-state index contributed by atoms with van der Waals surface area (Å²) in [4.78, 5) is 26.2. The van der Waals surface area contributed by atoms with Crippen LogP contribution in [0.4, 0.5) is 5.69 Å². The van der Waals surface area contributed by atoms with Gasteiger partial charge in [-0.2, -0.15) is 0 Å². The van der Waals surface area contributed by atoms with Crippen molar-refractivity contribution in [2.75, 3.05) is 5.32 Å². The summed E-state index contributed by atoms with van der Waals surface area (Å²) in [5.41, 5.74) is -0.405. The number of carbonyl (C=O) groups excluding carboxylic acids is 2. The molecule has 116 valence electrons. The van der Waals surface area contributed by atoms with Gasteiger partial charge in [-0.1, -0.05) is 11.6 Å². The summed E-state index contributed by atoms with van der Waals surface area (Å²) in [6, 6.07) is 10.4. The van der Waals surface area contributed by atoms with Gasteiger partial charge in [-0.25, -0.2) is 0 Å². The molecule has 0 aliphatic carbocycles. The first kappa shape index (κ1) is 16.5. The number of amides is 2. The maximum atomic E-state index is 12.3. The Morgan fingerprint density at radius 1 is 1.09 bits per heavy atom. The van der Waals surface area contributed by atoms with Crippen molar-refractivity contribution in [3.05, 3.63) is 51.2 Å². The summed E-state index contributed by atoms with van der Waals surface area (Å²) in [6.07, 6.45) is 0. The second-order valence-corrected chi connectivity index (χ2v) is 7.17. The molecule has 1 aromatic heterocycles. The Bertz CT molecular complexity index is 692. The standard InChI is InChI=1S/C16H17ClN2O2S/c1-10-4-9-13(22-10)14(20)19-16(2,3)15(21)18-12-7-5-11(17)6-8-12/h4-9H,1-3H3,(H,18,21)(H,19,20). The van der Waals surface area contributed by atoms with Gasteiger partial charge in [0.1, 0.15) is 5.54 Å². The van der Waals surface area contributed by atoms with Crippen molar-refractivity contribution in [1.82, 2.24) is 5.32 Å². The highest BCUT2D eigenvalue weighted by Gasteiger charge is 2.30. The highest BCUT2D eigenvalue weighted by Crippen LogP contribution is 2.18. The SMILES string of the molecule is Cc1ccc(C(=O)NC(C)(C)C(=O)Nc2ccc(Cl)cc2)s1. The van der Waals surface area contributed by atoms with Gasteiger partial charge in [0.15, 0.2) is 0 Å². The van der Waals surface area contributed by atoms with E-state index in [1.54, 1.807) is 44.2 Å². The van der Waals surface area contributed by atoms with Crippen molar-refractivity contribution >= 4 is 40.4 Å². The largest absolute Gasteiger partial charge is 0.337 e. The van der Waals surface area contributed by atoms with E-state index in [9.17, 15) is 9.59 Å². The van der Waals surface area contributed by atoms with Gasteiger partial charge >= 0.3 is 0 Å². The first-order valence-corrected chi connectivity index (χ1v) is 7.93. The van der Waals surface area contributed by atoms with E-state index in [-0.39, 0.29) is 11.8 Å². The van der Waals surface area contributed by atoms with Crippen LogP contribution in [0.25, 0.3) is 0 Å². The third kappa shape index (κ3) is 4.08. The Balaban J connectivity index is 2.03. The van der Waals surface area contributed by atoms with Crippen LogP contribution in [0.5, 0.6) is 0 Å². The van der Waals surface area contributed by atoms with Crippen molar-refractivity contribution in [3.63, 3.8) is 0 Å². The van der Waals surface area contributed by atoms with E-state index in [0.29, 0.717) is 15.6 Å². The van der Waals surface area contributed by atoms with Crippen molar-refractivity contribution < 1.29 is 9.59 Å². The molecule has 0 bridgehead atoms. The zero-order valence-corrected chi connectivity index (χ0v) is 14.1. The average Bonchev–Trinajstić information content (AvgIpc) is 2.87. The second-order valence-electron chi connectivity index (χ2n) is 5.45. The molecule has 0 radical (unpaired) electrons. The molecule has 0 aliphatic rings. The number of anilines is 1. The lowest BCUT2D eigenvalue weighted by Gasteiger charge is -2.24. The van der Waals surface area contributed by atoms with Gasteiger partial charge < -0.3 is 10.6 Å². The Kier molecular flexibility index (Phi) is 4.88. The Morgan fingerprint density at radius 2 is 1.73 bits per heavy atom. The summed E-state index contributed by atoms with van der Waals surface area (Å²) < 4.78 is 0. The molecule has 0 saturated heterocycles. The van der Waals surface area contributed by atoms with Gasteiger partial charge in [-0.15, -0.1) is 11.3 Å². The smallest absolute Gasteiger partial charge is 0.262 e. The van der Waals surface area contributed by atoms with Crippen LogP contribution in [0, 0.1) is 6.92 Å². The predicted molar refractivity (Wildman–Crippen MR) is 90.7 cm³/mol. The van der Waals surface area contributed by atoms with E-state index in [0.717, 1.165) is 4.88 Å². The topological polar surface area (TPSA) is 58.2 Å². The van der Waals surface area contributed by atoms with E-state index in [2.05, 4.69) is 10.6 Å². The zero-order valence-electron chi connectivity index (χ0n) is 12.6. The molecule has 0 unspecified atom stereocenters. The van der Waals surface area contributed by atoms with Gasteiger partial charge in [0.05, 0.1) is 4.88 Å². The summed E-state index contributed by atoms with van der Waals surface area (Å²) >= 11 is 7.20. The lowest BCUT2D eigenvalue weighted by molar-refractivity contribution is -0.120. The zero-order chi connectivity index (χ0) is 16.3. The van der Waals surface area contributed by atoms with Crippen LogP contribution in [-0.2, 0) is 4.79 Å². The van der Waals surface area contributed by atoms with Crippen molar-refractivity contribution in [1.29, 1.82) is 0 Å². The molecule has 1 aromatic carbocycles. The number of aryl methyl sites for hydroxylation is 1. The molecule has 2 rings (SSSR count). The Hall–Kier alpha value is -1.85. The van der Waals surface area contributed by atoms with Crippen LogP contribution in [0.2, 0.25) is 5.02 Å². The second kappa shape index (κ2) is 6.50. The number of halogens is 1. The van der Waals surface area contributed by atoms with Crippen LogP contribution in [0.1, 0.15) is 28.4 Å². The number of hydrogen-bond acceptors (Lipinski definition) is 3. The fourth-order valence-corrected chi connectivity index (χ4v) is 2.67. The lowest BCUT2D eigenvalue weighted by atomic mass is 10.0. The Labute approximate surface area is 138 Å². The predicted octanol–water partition coefficient (Wildman–Crippen LogP) is 3.86. The van der Waals surface area contributed by atoms with Crippen molar-refractivity contribution in [2.24, 2.45) is 0 Å². The van der Waals surface area contributed by atoms with Crippen LogP contribution in [0.3, 0.4) is 0 Å². The van der Waals surface area contributed by atoms with Gasteiger partial charge in [0, 0.05) is 15.6 Å². The number of benzene rings is 1. The van der Waals surface area contributed by atoms with E-state index in [1.165, 1.54) is 11.3 Å². The van der Waals surface area contributed by atoms with E-state index < -0.39 is 5.54 Å². The molecule has 2 N–H and O–H groups in total. The summed E-state index contributed by atoms with van der Waals surface area (Å²) in [7, 11) is 0. The molecule has 0 fully saturated rings. The number of thiophene rings is 1. The van der Waals surface area contributed by atoms with Gasteiger partial charge in [0.25, 0.3) is 5.91 Å². The fraction of sp³-hybridized carbons (Fsp3) is 0.250. The molecule has 2 aromatic rings. The van der Waals surface area contributed by atoms with Crippen LogP contribution in [-0.4, -0.2) is 17.4 Å². The number of carbonyl (C=O) groups is 2. The maximum absolute atomic E-state index is 12.3. The van der Waals surface area contributed by atoms with Gasteiger partial charge in [0.2, 0.25) is 5.91 Å². The quantitative estimate of drug-likeness (QED) is 0.890. The number of nitrogens with one attached hydrogen (secondary N) is 2. The molecule has 4 nitrogen and oxygen atoms in total. The third-order valence-electron chi connectivity index (χ3n) is 3.06. The molecule has 6 heteroatoms. The highest BCUT2D eigenvalue weighted by molar-refractivity contribution is 7.13. The molecule has 0 spiro atoms. The average molecular weight is 337 g/mol. The highest BCUT2D eigenvalue weighted by atomic mass is 35.5. The fourth-order valence-electron chi connectivity index (χ4n) is 1.78. The summed E-state index contributed by atoms with van der Waals surface area (Å²) in [5.74, 6) is -0.550. The van der Waals surface area contributed by atoms with Crippen molar-refractivity contribution in [2.45, 2.75) is 26.3 Å². The first-order valence-electron chi connectivity index (χ1n) is 6.74. The van der Waals surface area contributed by atoms with Crippen LogP contribution in [0.15, 0.2) is 36.4 Å². The summed E-state index contributed by atoms with van der Waals surface area (Å²) in [6.45, 7) is 5.26. The minimum Gasteiger partial charge on any atom is -0.337 e. The minimum absolute atomic E-state index is 0.255. The molecule has 0 saturated carbocycles. The van der Waals surface area contributed by atoms with Crippen LogP contribution < -0.4 is 10.6 Å². The molecule has 2 amide bonds.